The summed E-state index contributed by atoms with van der Waals surface area (Å²) in [5.41, 5.74) is 0.998. The van der Waals surface area contributed by atoms with Crippen molar-refractivity contribution in [2.45, 2.75) is 13.0 Å². The molecule has 1 atom stereocenters. The van der Waals surface area contributed by atoms with Crippen LogP contribution in [0.4, 0.5) is 5.69 Å². The maximum Gasteiger partial charge on any atom is 0.116 e. The van der Waals surface area contributed by atoms with Crippen molar-refractivity contribution < 1.29 is 4.74 Å². The number of hydrogen-bond donors (Lipinski definition) is 1. The summed E-state index contributed by atoms with van der Waals surface area (Å²) in [7, 11) is 1.64. The highest BCUT2D eigenvalue weighted by atomic mass is 16.5. The fourth-order valence-electron chi connectivity index (χ4n) is 0.790. The maximum absolute atomic E-state index is 4.97. The highest BCUT2D eigenvalue weighted by Crippen LogP contribution is 2.02. The lowest BCUT2D eigenvalue weighted by molar-refractivity contribution is 0.163. The van der Waals surface area contributed by atoms with Crippen molar-refractivity contribution in [2.24, 2.45) is 0 Å². The van der Waals surface area contributed by atoms with Crippen LogP contribution in [0.3, 0.4) is 0 Å². The summed E-state index contributed by atoms with van der Waals surface area (Å²) < 4.78 is 4.97. The Morgan fingerprint density at radius 3 is 2.62 bits per heavy atom. The normalized spacial score (nSPS) is 11.2. The van der Waals surface area contributed by atoms with Crippen LogP contribution in [0.25, 0.3) is 0 Å². The van der Waals surface area contributed by atoms with Crippen LogP contribution in [0.2, 0.25) is 0 Å². The van der Waals surface area contributed by atoms with E-state index in [1.165, 1.54) is 0 Å². The number of hydrogen-bond acceptors (Lipinski definition) is 2. The Labute approximate surface area is 78.9 Å². The van der Waals surface area contributed by atoms with Crippen LogP contribution >= 0.6 is 0 Å². The third-order valence-corrected chi connectivity index (χ3v) is 1.61. The van der Waals surface area contributed by atoms with Gasteiger partial charge in [-0.15, -0.1) is 0 Å². The molecular formula is C11H13NO. The smallest absolute Gasteiger partial charge is 0.116 e. The molecule has 0 aliphatic heterocycles. The van der Waals surface area contributed by atoms with Crippen LogP contribution in [-0.4, -0.2) is 13.2 Å². The van der Waals surface area contributed by atoms with E-state index in [4.69, 9.17) is 4.74 Å². The summed E-state index contributed by atoms with van der Waals surface area (Å²) in [6.45, 7) is 1.90. The molecule has 0 saturated heterocycles. The van der Waals surface area contributed by atoms with E-state index in [0.29, 0.717) is 0 Å². The number of nitrogens with one attached hydrogen (secondary N) is 1. The number of rotatable bonds is 2. The van der Waals surface area contributed by atoms with Gasteiger partial charge in [-0.25, -0.2) is 0 Å². The zero-order chi connectivity index (χ0) is 9.52. The first-order valence-electron chi connectivity index (χ1n) is 4.17. The van der Waals surface area contributed by atoms with Crippen LogP contribution in [0.15, 0.2) is 30.3 Å². The second-order valence-corrected chi connectivity index (χ2v) is 2.64. The largest absolute Gasteiger partial charge is 0.369 e. The van der Waals surface area contributed by atoms with Crippen molar-refractivity contribution in [1.29, 1.82) is 0 Å². The van der Waals surface area contributed by atoms with Crippen molar-refractivity contribution >= 4 is 5.69 Å². The van der Waals surface area contributed by atoms with Crippen molar-refractivity contribution in [3.63, 3.8) is 0 Å². The molecule has 2 nitrogen and oxygen atoms in total. The number of ether oxygens (including phenoxy) is 1. The first kappa shape index (κ1) is 9.63. The zero-order valence-electron chi connectivity index (χ0n) is 7.87. The summed E-state index contributed by atoms with van der Waals surface area (Å²) in [6, 6.07) is 12.6. The monoisotopic (exact) mass is 175 g/mol. The van der Waals surface area contributed by atoms with Gasteiger partial charge in [0.05, 0.1) is 0 Å². The predicted molar refractivity (Wildman–Crippen MR) is 54.3 cm³/mol. The molecule has 0 amide bonds. The Balaban J connectivity index is 2.46. The summed E-state index contributed by atoms with van der Waals surface area (Å²) in [5.74, 6) is 2.90. The fourth-order valence-corrected chi connectivity index (χ4v) is 0.790. The molecule has 1 aromatic carbocycles. The Morgan fingerprint density at radius 1 is 1.31 bits per heavy atom. The molecule has 13 heavy (non-hydrogen) atoms. The highest BCUT2D eigenvalue weighted by molar-refractivity contribution is 5.47. The van der Waals surface area contributed by atoms with Crippen molar-refractivity contribution in [3.8, 4) is 12.0 Å². The van der Waals surface area contributed by atoms with E-state index < -0.39 is 0 Å². The van der Waals surface area contributed by atoms with Gasteiger partial charge in [-0.3, -0.25) is 0 Å². The van der Waals surface area contributed by atoms with Crippen LogP contribution in [0.1, 0.15) is 6.92 Å². The van der Waals surface area contributed by atoms with Gasteiger partial charge in [-0.05, 0) is 25.0 Å². The summed E-state index contributed by atoms with van der Waals surface area (Å²) in [6.07, 6.45) is -0.0313. The second kappa shape index (κ2) is 5.23. The average molecular weight is 175 g/mol. The van der Waals surface area contributed by atoms with Crippen molar-refractivity contribution in [2.75, 3.05) is 12.4 Å². The molecular weight excluding hydrogens is 162 g/mol. The Morgan fingerprint density at radius 2 is 2.00 bits per heavy atom. The minimum Gasteiger partial charge on any atom is -0.369 e. The van der Waals surface area contributed by atoms with Gasteiger partial charge in [0.1, 0.15) is 6.10 Å². The maximum atomic E-state index is 4.97. The molecule has 0 fully saturated rings. The summed E-state index contributed by atoms with van der Waals surface area (Å²) in [4.78, 5) is 0. The van der Waals surface area contributed by atoms with Crippen molar-refractivity contribution in [1.82, 2.24) is 0 Å². The van der Waals surface area contributed by atoms with Gasteiger partial charge in [-0.1, -0.05) is 18.2 Å². The molecule has 0 heterocycles. The minimum atomic E-state index is -0.0313. The van der Waals surface area contributed by atoms with Crippen molar-refractivity contribution in [3.05, 3.63) is 30.3 Å². The van der Waals surface area contributed by atoms with E-state index in [1.54, 1.807) is 7.11 Å². The van der Waals surface area contributed by atoms with E-state index in [0.717, 1.165) is 5.69 Å². The molecule has 0 aliphatic rings. The van der Waals surface area contributed by atoms with Gasteiger partial charge in [0.25, 0.3) is 0 Å². The molecule has 1 N–H and O–H groups in total. The molecule has 1 aromatic rings. The fraction of sp³-hybridized carbons (Fsp3) is 0.273. The molecule has 0 saturated carbocycles. The van der Waals surface area contributed by atoms with Gasteiger partial charge >= 0.3 is 0 Å². The Hall–Kier alpha value is -1.46. The van der Waals surface area contributed by atoms with Gasteiger partial charge in [0.2, 0.25) is 0 Å². The van der Waals surface area contributed by atoms with E-state index in [2.05, 4.69) is 17.3 Å². The van der Waals surface area contributed by atoms with E-state index in [-0.39, 0.29) is 6.10 Å². The van der Waals surface area contributed by atoms with Crippen LogP contribution in [0.5, 0.6) is 0 Å². The molecule has 2 heteroatoms. The quantitative estimate of drug-likeness (QED) is 0.549. The zero-order valence-corrected chi connectivity index (χ0v) is 7.87. The van der Waals surface area contributed by atoms with E-state index >= 15 is 0 Å². The number of para-hydroxylation sites is 1. The van der Waals surface area contributed by atoms with Gasteiger partial charge in [0.15, 0.2) is 0 Å². The third kappa shape index (κ3) is 3.64. The second-order valence-electron chi connectivity index (χ2n) is 2.64. The predicted octanol–water partition coefficient (Wildman–Crippen LogP) is 2.09. The van der Waals surface area contributed by atoms with E-state index in [1.807, 2.05) is 37.3 Å². The highest BCUT2D eigenvalue weighted by Gasteiger charge is 1.88. The lowest BCUT2D eigenvalue weighted by atomic mass is 10.3. The first-order chi connectivity index (χ1) is 6.33. The molecule has 0 bridgehead atoms. The Bertz CT molecular complexity index is 297. The standard InChI is InChI=1S/C11H13NO/c1-10(13-2)8-9-12-11-6-4-3-5-7-11/h3-7,10,12H,1-2H3. The van der Waals surface area contributed by atoms with Gasteiger partial charge in [-0.2, -0.15) is 0 Å². The number of methoxy groups -OCH3 is 1. The molecule has 68 valence electrons. The lowest BCUT2D eigenvalue weighted by Gasteiger charge is -1.98. The lowest BCUT2D eigenvalue weighted by Crippen LogP contribution is -2.00. The molecule has 0 aromatic heterocycles. The molecule has 0 aliphatic carbocycles. The number of benzene rings is 1. The van der Waals surface area contributed by atoms with Crippen LogP contribution in [-0.2, 0) is 4.74 Å². The first-order valence-corrected chi connectivity index (χ1v) is 4.17. The SMILES string of the molecule is COC(C)C#CNc1ccccc1. The van der Waals surface area contributed by atoms with E-state index in [9.17, 15) is 0 Å². The van der Waals surface area contributed by atoms with Crippen LogP contribution in [0, 0.1) is 12.0 Å². The minimum absolute atomic E-state index is 0.0313. The number of anilines is 1. The molecule has 1 rings (SSSR count). The average Bonchev–Trinajstić information content (AvgIpc) is 2.19. The van der Waals surface area contributed by atoms with Gasteiger partial charge < -0.3 is 10.1 Å². The molecule has 0 spiro atoms. The van der Waals surface area contributed by atoms with Crippen LogP contribution < -0.4 is 5.32 Å². The summed E-state index contributed by atoms with van der Waals surface area (Å²) >= 11 is 0. The van der Waals surface area contributed by atoms with Gasteiger partial charge in [0, 0.05) is 18.8 Å². The topological polar surface area (TPSA) is 21.3 Å². The summed E-state index contributed by atoms with van der Waals surface area (Å²) in [5, 5.41) is 2.97. The Kier molecular flexibility index (Phi) is 3.87. The molecule has 1 unspecified atom stereocenters. The third-order valence-electron chi connectivity index (χ3n) is 1.61. The molecule has 0 radical (unpaired) electrons.